The molecule has 21 heavy (non-hydrogen) atoms. The maximum atomic E-state index is 12.0. The van der Waals surface area contributed by atoms with E-state index in [1.807, 2.05) is 31.2 Å². The Morgan fingerprint density at radius 3 is 3.14 bits per heavy atom. The first-order valence-corrected chi connectivity index (χ1v) is 7.92. The third-order valence-electron chi connectivity index (χ3n) is 3.42. The highest BCUT2D eigenvalue weighted by Gasteiger charge is 2.24. The normalized spacial score (nSPS) is 19.1. The number of aromatic nitrogens is 4. The molecule has 3 rings (SSSR count). The second kappa shape index (κ2) is 6.26. The number of nitrogens with zero attached hydrogens (tertiary/aromatic N) is 4. The molecule has 2 aromatic rings. The summed E-state index contributed by atoms with van der Waals surface area (Å²) in [7, 11) is 0. The molecular weight excluding hydrogens is 286 g/mol. The van der Waals surface area contributed by atoms with E-state index in [0.717, 1.165) is 37.1 Å². The molecule has 1 saturated heterocycles. The summed E-state index contributed by atoms with van der Waals surface area (Å²) in [6, 6.07) is 7.98. The molecule has 7 heteroatoms. The van der Waals surface area contributed by atoms with Crippen LogP contribution in [-0.4, -0.2) is 37.9 Å². The number of rotatable bonds is 3. The molecule has 1 fully saturated rings. The van der Waals surface area contributed by atoms with Gasteiger partial charge >= 0.3 is 0 Å². The fraction of sp³-hybridized carbons (Fsp3) is 0.429. The van der Waals surface area contributed by atoms with Crippen LogP contribution in [0.3, 0.4) is 0 Å². The minimum absolute atomic E-state index is 0.0799. The van der Waals surface area contributed by atoms with Crippen LogP contribution in [0.1, 0.15) is 24.8 Å². The number of amides is 1. The Bertz CT molecular complexity index is 642. The zero-order valence-electron chi connectivity index (χ0n) is 11.8. The molecule has 0 spiro atoms. The van der Waals surface area contributed by atoms with Crippen molar-refractivity contribution in [2.75, 3.05) is 6.54 Å². The molecule has 1 aromatic heterocycles. The highest BCUT2D eigenvalue weighted by atomic mass is 32.2. The van der Waals surface area contributed by atoms with E-state index in [-0.39, 0.29) is 11.2 Å². The van der Waals surface area contributed by atoms with Crippen LogP contribution >= 0.6 is 11.8 Å². The molecule has 110 valence electrons. The van der Waals surface area contributed by atoms with Gasteiger partial charge in [-0.2, -0.15) is 4.68 Å². The van der Waals surface area contributed by atoms with E-state index >= 15 is 0 Å². The Labute approximate surface area is 127 Å². The standard InChI is InChI=1S/C14H17N5OS/c1-10-5-4-6-11(9-10)19-14(16-17-18-19)21-12-7-2-3-8-15-13(12)20/h4-6,9,12H,2-3,7-8H2,1H3,(H,15,20). The third-order valence-corrected chi connectivity index (χ3v) is 4.62. The summed E-state index contributed by atoms with van der Waals surface area (Å²) in [4.78, 5) is 12.0. The van der Waals surface area contributed by atoms with Crippen LogP contribution in [0, 0.1) is 6.92 Å². The Morgan fingerprint density at radius 1 is 1.38 bits per heavy atom. The lowest BCUT2D eigenvalue weighted by atomic mass is 10.2. The van der Waals surface area contributed by atoms with E-state index in [1.165, 1.54) is 11.8 Å². The van der Waals surface area contributed by atoms with E-state index in [0.29, 0.717) is 5.16 Å². The summed E-state index contributed by atoms with van der Waals surface area (Å²) < 4.78 is 1.69. The Morgan fingerprint density at radius 2 is 2.29 bits per heavy atom. The maximum Gasteiger partial charge on any atom is 0.233 e. The van der Waals surface area contributed by atoms with Gasteiger partial charge in [0, 0.05) is 6.54 Å². The molecule has 1 amide bonds. The quantitative estimate of drug-likeness (QED) is 0.935. The van der Waals surface area contributed by atoms with E-state index in [1.54, 1.807) is 4.68 Å². The zero-order valence-corrected chi connectivity index (χ0v) is 12.6. The Kier molecular flexibility index (Phi) is 4.19. The number of carbonyl (C=O) groups excluding carboxylic acids is 1. The molecule has 1 aromatic carbocycles. The fourth-order valence-corrected chi connectivity index (χ4v) is 3.38. The van der Waals surface area contributed by atoms with Crippen molar-refractivity contribution in [2.24, 2.45) is 0 Å². The molecule has 6 nitrogen and oxygen atoms in total. The van der Waals surface area contributed by atoms with Gasteiger partial charge in [0.25, 0.3) is 0 Å². The SMILES string of the molecule is Cc1cccc(-n2nnnc2SC2CCCCNC2=O)c1. The summed E-state index contributed by atoms with van der Waals surface area (Å²) in [5.41, 5.74) is 2.06. The van der Waals surface area contributed by atoms with Crippen LogP contribution in [0.2, 0.25) is 0 Å². The first-order valence-electron chi connectivity index (χ1n) is 7.04. The van der Waals surface area contributed by atoms with Crippen LogP contribution in [-0.2, 0) is 4.79 Å². The van der Waals surface area contributed by atoms with Crippen molar-refractivity contribution in [2.45, 2.75) is 36.6 Å². The maximum absolute atomic E-state index is 12.0. The number of tetrazole rings is 1. The summed E-state index contributed by atoms with van der Waals surface area (Å²) in [6.45, 7) is 2.79. The van der Waals surface area contributed by atoms with E-state index < -0.39 is 0 Å². The van der Waals surface area contributed by atoms with E-state index in [2.05, 4.69) is 20.8 Å². The lowest BCUT2D eigenvalue weighted by Crippen LogP contribution is -2.30. The van der Waals surface area contributed by atoms with E-state index in [4.69, 9.17) is 0 Å². The van der Waals surface area contributed by atoms with Crippen LogP contribution in [0.15, 0.2) is 29.4 Å². The predicted octanol–water partition coefficient (Wildman–Crippen LogP) is 1.73. The number of hydrogen-bond acceptors (Lipinski definition) is 5. The predicted molar refractivity (Wildman–Crippen MR) is 80.4 cm³/mol. The van der Waals surface area contributed by atoms with Crippen molar-refractivity contribution in [3.8, 4) is 5.69 Å². The average Bonchev–Trinajstić information content (AvgIpc) is 2.84. The first kappa shape index (κ1) is 14.1. The number of thioether (sulfide) groups is 1. The largest absolute Gasteiger partial charge is 0.355 e. The zero-order chi connectivity index (χ0) is 14.7. The van der Waals surface area contributed by atoms with Crippen molar-refractivity contribution in [1.82, 2.24) is 25.5 Å². The first-order chi connectivity index (χ1) is 10.2. The van der Waals surface area contributed by atoms with Gasteiger partial charge in [0.05, 0.1) is 10.9 Å². The summed E-state index contributed by atoms with van der Waals surface area (Å²) in [6.07, 6.45) is 2.94. The molecule has 2 heterocycles. The Hall–Kier alpha value is -1.89. The molecule has 1 atom stereocenters. The minimum atomic E-state index is -0.123. The van der Waals surface area contributed by atoms with Crippen LogP contribution in [0.4, 0.5) is 0 Å². The van der Waals surface area contributed by atoms with Gasteiger partial charge < -0.3 is 5.32 Å². The number of benzene rings is 1. The van der Waals surface area contributed by atoms with Crippen molar-refractivity contribution in [3.05, 3.63) is 29.8 Å². The molecule has 1 aliphatic heterocycles. The van der Waals surface area contributed by atoms with Crippen LogP contribution in [0.25, 0.3) is 5.69 Å². The lowest BCUT2D eigenvalue weighted by Gasteiger charge is -2.12. The molecule has 1 N–H and O–H groups in total. The highest BCUT2D eigenvalue weighted by Crippen LogP contribution is 2.27. The summed E-state index contributed by atoms with van der Waals surface area (Å²) in [5.74, 6) is 0.0799. The van der Waals surface area contributed by atoms with Gasteiger partial charge in [-0.25, -0.2) is 0 Å². The average molecular weight is 303 g/mol. The Balaban J connectivity index is 1.84. The fourth-order valence-electron chi connectivity index (χ4n) is 2.33. The van der Waals surface area contributed by atoms with Gasteiger partial charge in [0.1, 0.15) is 0 Å². The number of carbonyl (C=O) groups is 1. The molecule has 0 radical (unpaired) electrons. The number of hydrogen-bond donors (Lipinski definition) is 1. The van der Waals surface area contributed by atoms with E-state index in [9.17, 15) is 4.79 Å². The van der Waals surface area contributed by atoms with Gasteiger partial charge in [-0.3, -0.25) is 4.79 Å². The lowest BCUT2D eigenvalue weighted by molar-refractivity contribution is -0.120. The van der Waals surface area contributed by atoms with Crippen molar-refractivity contribution >= 4 is 17.7 Å². The monoisotopic (exact) mass is 303 g/mol. The van der Waals surface area contributed by atoms with Gasteiger partial charge in [0.2, 0.25) is 11.1 Å². The second-order valence-corrected chi connectivity index (χ2v) is 6.28. The molecule has 1 aliphatic rings. The summed E-state index contributed by atoms with van der Waals surface area (Å²) in [5, 5.41) is 15.3. The molecular formula is C14H17N5OS. The van der Waals surface area contributed by atoms with Crippen LogP contribution in [0.5, 0.6) is 0 Å². The molecule has 1 unspecified atom stereocenters. The topological polar surface area (TPSA) is 72.7 Å². The van der Waals surface area contributed by atoms with Gasteiger partial charge in [-0.05, 0) is 47.9 Å². The number of nitrogens with one attached hydrogen (secondary N) is 1. The molecule has 0 aliphatic carbocycles. The molecule has 0 saturated carbocycles. The molecule has 0 bridgehead atoms. The van der Waals surface area contributed by atoms with Crippen LogP contribution < -0.4 is 5.32 Å². The van der Waals surface area contributed by atoms with Crippen molar-refractivity contribution < 1.29 is 4.79 Å². The van der Waals surface area contributed by atoms with Crippen molar-refractivity contribution in [3.63, 3.8) is 0 Å². The van der Waals surface area contributed by atoms with Gasteiger partial charge in [0.15, 0.2) is 0 Å². The highest BCUT2D eigenvalue weighted by molar-refractivity contribution is 8.00. The smallest absolute Gasteiger partial charge is 0.233 e. The minimum Gasteiger partial charge on any atom is -0.355 e. The third kappa shape index (κ3) is 3.24. The van der Waals surface area contributed by atoms with Gasteiger partial charge in [-0.1, -0.05) is 30.3 Å². The van der Waals surface area contributed by atoms with Crippen molar-refractivity contribution in [1.29, 1.82) is 0 Å². The second-order valence-electron chi connectivity index (χ2n) is 5.11. The van der Waals surface area contributed by atoms with Gasteiger partial charge in [-0.15, -0.1) is 5.10 Å². The summed E-state index contributed by atoms with van der Waals surface area (Å²) >= 11 is 1.43. The number of aryl methyl sites for hydroxylation is 1.